The standard InChI is InChI=1S/C23H21N3O4/c1-28-17-10-11-19(21(13-17)29-2)22-20(23(27)24-14-18-9-6-12-30-18)15-26(25-22)16-7-4-3-5-8-16/h3-13,15H,14H2,1-2H3,(H,24,27). The van der Waals surface area contributed by atoms with E-state index in [0.29, 0.717) is 34.1 Å². The lowest BCUT2D eigenvalue weighted by Crippen LogP contribution is -2.22. The normalized spacial score (nSPS) is 10.6. The Hall–Kier alpha value is -4.00. The molecule has 2 aromatic heterocycles. The Bertz CT molecular complexity index is 1130. The van der Waals surface area contributed by atoms with Gasteiger partial charge in [-0.1, -0.05) is 18.2 Å². The van der Waals surface area contributed by atoms with Crippen LogP contribution in [0, 0.1) is 0 Å². The molecule has 0 fully saturated rings. The van der Waals surface area contributed by atoms with Crippen molar-refractivity contribution in [3.05, 3.63) is 84.4 Å². The number of furan rings is 1. The van der Waals surface area contributed by atoms with Gasteiger partial charge < -0.3 is 19.2 Å². The number of ether oxygens (including phenoxy) is 2. The number of para-hydroxylation sites is 1. The molecule has 2 heterocycles. The van der Waals surface area contributed by atoms with Crippen LogP contribution in [0.3, 0.4) is 0 Å². The number of carbonyl (C=O) groups excluding carboxylic acids is 1. The zero-order valence-corrected chi connectivity index (χ0v) is 16.7. The first-order valence-corrected chi connectivity index (χ1v) is 9.37. The fraction of sp³-hybridized carbons (Fsp3) is 0.130. The summed E-state index contributed by atoms with van der Waals surface area (Å²) >= 11 is 0. The van der Waals surface area contributed by atoms with Gasteiger partial charge in [0.2, 0.25) is 0 Å². The van der Waals surface area contributed by atoms with E-state index in [1.54, 1.807) is 49.6 Å². The lowest BCUT2D eigenvalue weighted by Gasteiger charge is -2.10. The molecule has 152 valence electrons. The van der Waals surface area contributed by atoms with Gasteiger partial charge in [-0.2, -0.15) is 5.10 Å². The number of amides is 1. The van der Waals surface area contributed by atoms with E-state index in [0.717, 1.165) is 5.69 Å². The number of aromatic nitrogens is 2. The predicted octanol–water partition coefficient (Wildman–Crippen LogP) is 4.08. The van der Waals surface area contributed by atoms with Crippen LogP contribution >= 0.6 is 0 Å². The highest BCUT2D eigenvalue weighted by Crippen LogP contribution is 2.34. The number of benzene rings is 2. The fourth-order valence-corrected chi connectivity index (χ4v) is 3.12. The van der Waals surface area contributed by atoms with Crippen molar-refractivity contribution in [3.63, 3.8) is 0 Å². The lowest BCUT2D eigenvalue weighted by molar-refractivity contribution is 0.0948. The molecule has 30 heavy (non-hydrogen) atoms. The van der Waals surface area contributed by atoms with Crippen molar-refractivity contribution in [2.75, 3.05) is 14.2 Å². The smallest absolute Gasteiger partial charge is 0.255 e. The number of carbonyl (C=O) groups is 1. The average molecular weight is 403 g/mol. The minimum absolute atomic E-state index is 0.263. The maximum atomic E-state index is 13.0. The highest BCUT2D eigenvalue weighted by Gasteiger charge is 2.21. The molecule has 0 unspecified atom stereocenters. The summed E-state index contributed by atoms with van der Waals surface area (Å²) < 4.78 is 17.8. The first-order valence-electron chi connectivity index (χ1n) is 9.37. The third kappa shape index (κ3) is 3.91. The quantitative estimate of drug-likeness (QED) is 0.503. The summed E-state index contributed by atoms with van der Waals surface area (Å²) in [7, 11) is 3.16. The molecule has 4 aromatic rings. The van der Waals surface area contributed by atoms with Gasteiger partial charge in [0.25, 0.3) is 5.91 Å². The van der Waals surface area contributed by atoms with E-state index < -0.39 is 0 Å². The second-order valence-electron chi connectivity index (χ2n) is 6.50. The summed E-state index contributed by atoms with van der Waals surface area (Å²) in [5, 5.41) is 7.58. The number of methoxy groups -OCH3 is 2. The summed E-state index contributed by atoms with van der Waals surface area (Å²) in [6.45, 7) is 0.279. The van der Waals surface area contributed by atoms with Gasteiger partial charge in [0.1, 0.15) is 23.0 Å². The Labute approximate surface area is 173 Å². The van der Waals surface area contributed by atoms with Crippen molar-refractivity contribution in [1.82, 2.24) is 15.1 Å². The Morgan fingerprint density at radius 1 is 1.07 bits per heavy atom. The van der Waals surface area contributed by atoms with Crippen molar-refractivity contribution in [2.24, 2.45) is 0 Å². The molecular formula is C23H21N3O4. The SMILES string of the molecule is COc1ccc(-c2nn(-c3ccccc3)cc2C(=O)NCc2ccco2)c(OC)c1. The molecule has 0 atom stereocenters. The highest BCUT2D eigenvalue weighted by atomic mass is 16.5. The first kappa shape index (κ1) is 19.3. The second kappa shape index (κ2) is 8.57. The molecule has 0 aliphatic heterocycles. The van der Waals surface area contributed by atoms with Crippen LogP contribution in [-0.4, -0.2) is 29.9 Å². The molecular weight excluding hydrogens is 382 g/mol. The van der Waals surface area contributed by atoms with Crippen molar-refractivity contribution < 1.29 is 18.7 Å². The highest BCUT2D eigenvalue weighted by molar-refractivity contribution is 6.00. The topological polar surface area (TPSA) is 78.5 Å². The molecule has 7 heteroatoms. The van der Waals surface area contributed by atoms with Crippen LogP contribution in [0.1, 0.15) is 16.1 Å². The van der Waals surface area contributed by atoms with Gasteiger partial charge in [0.15, 0.2) is 0 Å². The van der Waals surface area contributed by atoms with Crippen molar-refractivity contribution in [2.45, 2.75) is 6.54 Å². The Morgan fingerprint density at radius 2 is 1.90 bits per heavy atom. The average Bonchev–Trinajstić information content (AvgIpc) is 3.48. The molecule has 0 aliphatic carbocycles. The predicted molar refractivity (Wildman–Crippen MR) is 112 cm³/mol. The molecule has 4 rings (SSSR count). The first-order chi connectivity index (χ1) is 14.7. The van der Waals surface area contributed by atoms with Gasteiger partial charge >= 0.3 is 0 Å². The molecule has 2 aromatic carbocycles. The van der Waals surface area contributed by atoms with Gasteiger partial charge in [-0.15, -0.1) is 0 Å². The molecule has 0 saturated carbocycles. The molecule has 1 N–H and O–H groups in total. The number of nitrogens with zero attached hydrogens (tertiary/aromatic N) is 2. The van der Waals surface area contributed by atoms with Crippen molar-refractivity contribution in [1.29, 1.82) is 0 Å². The number of nitrogens with one attached hydrogen (secondary N) is 1. The summed E-state index contributed by atoms with van der Waals surface area (Å²) in [5.41, 5.74) is 2.47. The molecule has 0 spiro atoms. The zero-order chi connectivity index (χ0) is 20.9. The Balaban J connectivity index is 1.76. The van der Waals surface area contributed by atoms with Crippen LogP contribution in [0.5, 0.6) is 11.5 Å². The van der Waals surface area contributed by atoms with Crippen molar-refractivity contribution >= 4 is 5.91 Å². The molecule has 1 amide bonds. The number of hydrogen-bond donors (Lipinski definition) is 1. The lowest BCUT2D eigenvalue weighted by atomic mass is 10.1. The van der Waals surface area contributed by atoms with Gasteiger partial charge in [-0.05, 0) is 36.4 Å². The summed E-state index contributed by atoms with van der Waals surface area (Å²) in [6, 6.07) is 18.6. The maximum Gasteiger partial charge on any atom is 0.255 e. The van der Waals surface area contributed by atoms with Crippen LogP contribution in [0.15, 0.2) is 77.5 Å². The van der Waals surface area contributed by atoms with E-state index >= 15 is 0 Å². The van der Waals surface area contributed by atoms with Crippen LogP contribution in [0.2, 0.25) is 0 Å². The van der Waals surface area contributed by atoms with E-state index in [9.17, 15) is 4.79 Å². The zero-order valence-electron chi connectivity index (χ0n) is 16.7. The van der Waals surface area contributed by atoms with Gasteiger partial charge in [-0.3, -0.25) is 4.79 Å². The Morgan fingerprint density at radius 3 is 2.60 bits per heavy atom. The van der Waals surface area contributed by atoms with Gasteiger partial charge in [0, 0.05) is 17.8 Å². The van der Waals surface area contributed by atoms with Crippen molar-refractivity contribution in [3.8, 4) is 28.4 Å². The third-order valence-corrected chi connectivity index (χ3v) is 4.65. The summed E-state index contributed by atoms with van der Waals surface area (Å²) in [6.07, 6.45) is 3.29. The summed E-state index contributed by atoms with van der Waals surface area (Å²) in [5.74, 6) is 1.62. The molecule has 0 aliphatic rings. The van der Waals surface area contributed by atoms with E-state index in [1.165, 1.54) is 0 Å². The molecule has 0 bridgehead atoms. The number of rotatable bonds is 7. The minimum atomic E-state index is -0.263. The van der Waals surface area contributed by atoms with Gasteiger partial charge in [0.05, 0.1) is 38.3 Å². The maximum absolute atomic E-state index is 13.0. The molecule has 0 radical (unpaired) electrons. The third-order valence-electron chi connectivity index (χ3n) is 4.65. The largest absolute Gasteiger partial charge is 0.497 e. The fourth-order valence-electron chi connectivity index (χ4n) is 3.12. The van der Waals surface area contributed by atoms with E-state index in [-0.39, 0.29) is 12.5 Å². The van der Waals surface area contributed by atoms with Crippen LogP contribution in [0.4, 0.5) is 0 Å². The number of hydrogen-bond acceptors (Lipinski definition) is 5. The molecule has 0 saturated heterocycles. The van der Waals surface area contributed by atoms with Crippen LogP contribution < -0.4 is 14.8 Å². The minimum Gasteiger partial charge on any atom is -0.497 e. The Kier molecular flexibility index (Phi) is 5.52. The molecule has 7 nitrogen and oxygen atoms in total. The van der Waals surface area contributed by atoms with Gasteiger partial charge in [-0.25, -0.2) is 4.68 Å². The van der Waals surface area contributed by atoms with E-state index in [2.05, 4.69) is 5.32 Å². The second-order valence-corrected chi connectivity index (χ2v) is 6.50. The van der Waals surface area contributed by atoms with Crippen LogP contribution in [0.25, 0.3) is 16.9 Å². The summed E-state index contributed by atoms with van der Waals surface area (Å²) in [4.78, 5) is 13.0. The monoisotopic (exact) mass is 403 g/mol. The van der Waals surface area contributed by atoms with E-state index in [4.69, 9.17) is 19.0 Å². The van der Waals surface area contributed by atoms with E-state index in [1.807, 2.05) is 42.5 Å². The van der Waals surface area contributed by atoms with Crippen LogP contribution in [-0.2, 0) is 6.54 Å².